The van der Waals surface area contributed by atoms with Crippen molar-refractivity contribution in [3.63, 3.8) is 0 Å². The molecule has 30 valence electrons. The molecular formula is H2AlCoNiO. The van der Waals surface area contributed by atoms with Crippen LogP contribution in [0.1, 0.15) is 0 Å². The molecule has 0 aliphatic rings. The van der Waals surface area contributed by atoms with Crippen LogP contribution in [-0.2, 0) is 33.3 Å². The summed E-state index contributed by atoms with van der Waals surface area (Å²) in [6.45, 7) is 0. The third-order valence-corrected chi connectivity index (χ3v) is 0. The first-order valence-corrected chi connectivity index (χ1v) is 0. The predicted molar refractivity (Wildman–Crippen MR) is 9.37 cm³/mol. The van der Waals surface area contributed by atoms with Crippen LogP contribution >= 0.6 is 0 Å². The molecule has 0 aromatic carbocycles. The molecule has 0 atom stereocenters. The van der Waals surface area contributed by atoms with Crippen LogP contribution in [0.5, 0.6) is 0 Å². The Hall–Kier alpha value is 1.49. The summed E-state index contributed by atoms with van der Waals surface area (Å²) in [5.41, 5.74) is 0. The van der Waals surface area contributed by atoms with Crippen LogP contribution in [0.3, 0.4) is 0 Å². The minimum absolute atomic E-state index is 0. The average molecular weight is 163 g/mol. The van der Waals surface area contributed by atoms with Gasteiger partial charge in [-0.3, -0.25) is 0 Å². The van der Waals surface area contributed by atoms with Crippen LogP contribution in [0, 0.1) is 0 Å². The molecule has 0 spiro atoms. The third-order valence-electron chi connectivity index (χ3n) is 0. The standard InChI is InChI=1S/Al.Co.Ni.H2O/h;;;1H2. The van der Waals surface area contributed by atoms with Gasteiger partial charge in [0.1, 0.15) is 0 Å². The maximum atomic E-state index is 0. The van der Waals surface area contributed by atoms with Crippen molar-refractivity contribution in [1.82, 2.24) is 0 Å². The molecule has 4 heavy (non-hydrogen) atoms. The van der Waals surface area contributed by atoms with Crippen molar-refractivity contribution < 1.29 is 38.7 Å². The van der Waals surface area contributed by atoms with E-state index < -0.39 is 0 Å². The Morgan fingerprint density at radius 3 is 1.00 bits per heavy atom. The largest absolute Gasteiger partial charge is 0.412 e. The van der Waals surface area contributed by atoms with Gasteiger partial charge in [-0.1, -0.05) is 0 Å². The number of hydrogen-bond donors (Lipinski definition) is 0. The zero-order chi connectivity index (χ0) is 0. The van der Waals surface area contributed by atoms with E-state index in [1.165, 1.54) is 0 Å². The van der Waals surface area contributed by atoms with E-state index in [9.17, 15) is 0 Å². The monoisotopic (exact) mass is 162 g/mol. The molecule has 0 rings (SSSR count). The van der Waals surface area contributed by atoms with Crippen LogP contribution in [-0.4, -0.2) is 22.8 Å². The summed E-state index contributed by atoms with van der Waals surface area (Å²) in [7, 11) is 0. The predicted octanol–water partition coefficient (Wildman–Crippen LogP) is -1.21. The molecule has 0 heterocycles. The maximum absolute atomic E-state index is 0. The first-order chi connectivity index (χ1) is 0. The molecule has 0 fully saturated rings. The van der Waals surface area contributed by atoms with E-state index >= 15 is 0 Å². The molecule has 0 unspecified atom stereocenters. The fourth-order valence-corrected chi connectivity index (χ4v) is 0. The molecular weight excluding hydrogens is 161 g/mol. The number of rotatable bonds is 0. The van der Waals surface area contributed by atoms with Gasteiger partial charge in [0.05, 0.1) is 0 Å². The maximum Gasteiger partial charge on any atom is 0 e. The van der Waals surface area contributed by atoms with Crippen LogP contribution in [0.25, 0.3) is 0 Å². The van der Waals surface area contributed by atoms with Crippen molar-refractivity contribution >= 4 is 17.4 Å². The van der Waals surface area contributed by atoms with Crippen molar-refractivity contribution in [3.05, 3.63) is 0 Å². The molecule has 0 saturated carbocycles. The molecule has 1 nitrogen and oxygen atoms in total. The third kappa shape index (κ3) is 9.74. The second-order valence-corrected chi connectivity index (χ2v) is 0. The molecule has 0 amide bonds. The molecule has 4 radical (unpaired) electrons. The Morgan fingerprint density at radius 2 is 1.00 bits per heavy atom. The molecule has 2 N–H and O–H groups in total. The molecule has 0 bridgehead atoms. The summed E-state index contributed by atoms with van der Waals surface area (Å²) in [5, 5.41) is 0. The Balaban J connectivity index is 0. The second-order valence-electron chi connectivity index (χ2n) is 0. The van der Waals surface area contributed by atoms with Crippen LogP contribution in [0.2, 0.25) is 0 Å². The minimum Gasteiger partial charge on any atom is -0.412 e. The molecule has 0 aliphatic heterocycles. The van der Waals surface area contributed by atoms with Gasteiger partial charge in [-0.25, -0.2) is 0 Å². The Labute approximate surface area is 56.1 Å². The zero-order valence-corrected chi connectivity index (χ0v) is 4.91. The average Bonchev–Trinajstić information content (AvgIpc) is 0. The Morgan fingerprint density at radius 1 is 1.00 bits per heavy atom. The van der Waals surface area contributed by atoms with E-state index in [4.69, 9.17) is 0 Å². The molecule has 0 aromatic heterocycles. The van der Waals surface area contributed by atoms with Crippen molar-refractivity contribution in [3.8, 4) is 0 Å². The normalized spacial score (nSPS) is 0. The van der Waals surface area contributed by atoms with Crippen molar-refractivity contribution in [2.24, 2.45) is 0 Å². The van der Waals surface area contributed by atoms with Crippen LogP contribution in [0.15, 0.2) is 0 Å². The first kappa shape index (κ1) is 49.8. The van der Waals surface area contributed by atoms with Gasteiger partial charge < -0.3 is 5.48 Å². The molecule has 0 aliphatic carbocycles. The smallest absolute Gasteiger partial charge is 0 e. The van der Waals surface area contributed by atoms with Crippen molar-refractivity contribution in [1.29, 1.82) is 0 Å². The van der Waals surface area contributed by atoms with E-state index in [0.717, 1.165) is 0 Å². The summed E-state index contributed by atoms with van der Waals surface area (Å²) >= 11 is 0. The van der Waals surface area contributed by atoms with Crippen molar-refractivity contribution in [2.75, 3.05) is 0 Å². The molecule has 0 saturated heterocycles. The van der Waals surface area contributed by atoms with E-state index in [0.29, 0.717) is 0 Å². The van der Waals surface area contributed by atoms with Gasteiger partial charge in [0.15, 0.2) is 0 Å². The fraction of sp³-hybridized carbons (Fsp3) is 0. The first-order valence-electron chi connectivity index (χ1n) is 0. The van der Waals surface area contributed by atoms with Gasteiger partial charge >= 0.3 is 0 Å². The summed E-state index contributed by atoms with van der Waals surface area (Å²) in [5.74, 6) is 0. The van der Waals surface area contributed by atoms with Gasteiger partial charge in [-0.15, -0.1) is 0 Å². The van der Waals surface area contributed by atoms with Gasteiger partial charge in [0.2, 0.25) is 0 Å². The molecule has 4 heteroatoms. The number of hydrogen-bond acceptors (Lipinski definition) is 0. The topological polar surface area (TPSA) is 31.5 Å². The van der Waals surface area contributed by atoms with Gasteiger partial charge in [-0.05, 0) is 0 Å². The minimum atomic E-state index is 0. The van der Waals surface area contributed by atoms with Gasteiger partial charge in [-0.2, -0.15) is 0 Å². The quantitative estimate of drug-likeness (QED) is 0.401. The van der Waals surface area contributed by atoms with Crippen LogP contribution < -0.4 is 0 Å². The molecule has 0 aromatic rings. The fourth-order valence-electron chi connectivity index (χ4n) is 0. The van der Waals surface area contributed by atoms with Gasteiger partial charge in [0, 0.05) is 50.6 Å². The second kappa shape index (κ2) is 24.6. The summed E-state index contributed by atoms with van der Waals surface area (Å²) < 4.78 is 0. The zero-order valence-electron chi connectivity index (χ0n) is 1.73. The Kier molecular flexibility index (Phi) is 306. The SMILES string of the molecule is O.[Al].[Co].[Ni]. The van der Waals surface area contributed by atoms with E-state index in [1.807, 2.05) is 0 Å². The van der Waals surface area contributed by atoms with Crippen LogP contribution in [0.4, 0.5) is 0 Å². The van der Waals surface area contributed by atoms with Crippen molar-refractivity contribution in [2.45, 2.75) is 0 Å². The van der Waals surface area contributed by atoms with E-state index in [1.54, 1.807) is 0 Å². The summed E-state index contributed by atoms with van der Waals surface area (Å²) in [4.78, 5) is 0. The van der Waals surface area contributed by atoms with E-state index in [-0.39, 0.29) is 56.1 Å². The van der Waals surface area contributed by atoms with E-state index in [2.05, 4.69) is 0 Å². The summed E-state index contributed by atoms with van der Waals surface area (Å²) in [6.07, 6.45) is 0. The summed E-state index contributed by atoms with van der Waals surface area (Å²) in [6, 6.07) is 0. The Bertz CT molecular complexity index is 8.00. The van der Waals surface area contributed by atoms with Gasteiger partial charge in [0.25, 0.3) is 0 Å².